The summed E-state index contributed by atoms with van der Waals surface area (Å²) >= 11 is 0. The summed E-state index contributed by atoms with van der Waals surface area (Å²) in [6.07, 6.45) is 5.19. The second kappa shape index (κ2) is 10.2. The minimum Gasteiger partial charge on any atom is -0.371 e. The fraction of sp³-hybridized carbons (Fsp3) is 0.280. The van der Waals surface area contributed by atoms with Gasteiger partial charge in [-0.25, -0.2) is 4.98 Å². The largest absolute Gasteiger partial charge is 0.371 e. The molecule has 1 aliphatic rings. The quantitative estimate of drug-likeness (QED) is 0.514. The zero-order chi connectivity index (χ0) is 23.2. The van der Waals surface area contributed by atoms with Crippen LogP contribution in [0.3, 0.4) is 0 Å². The highest BCUT2D eigenvalue weighted by molar-refractivity contribution is 5.95. The SMILES string of the molecule is NCc1ncc(-c2cccc(C(=O)NCc3ccccc3N3CCCCC3)c2)nc1C(N)=O. The van der Waals surface area contributed by atoms with Crippen molar-refractivity contribution in [2.24, 2.45) is 11.5 Å². The van der Waals surface area contributed by atoms with Crippen LogP contribution in [0.1, 0.15) is 51.4 Å². The molecular formula is C25H28N6O2. The number of carbonyl (C=O) groups excluding carboxylic acids is 2. The summed E-state index contributed by atoms with van der Waals surface area (Å²) in [4.78, 5) is 35.5. The highest BCUT2D eigenvalue weighted by Gasteiger charge is 2.16. The number of primary amides is 1. The number of rotatable bonds is 7. The molecule has 0 saturated carbocycles. The number of anilines is 1. The maximum atomic E-state index is 12.9. The molecule has 2 amide bonds. The van der Waals surface area contributed by atoms with E-state index in [4.69, 9.17) is 11.5 Å². The van der Waals surface area contributed by atoms with Gasteiger partial charge in [-0.1, -0.05) is 30.3 Å². The Hall–Kier alpha value is -3.78. The van der Waals surface area contributed by atoms with Crippen LogP contribution in [0.4, 0.5) is 5.69 Å². The Balaban J connectivity index is 1.51. The molecule has 1 fully saturated rings. The molecule has 1 aromatic heterocycles. The Morgan fingerprint density at radius 1 is 1.03 bits per heavy atom. The van der Waals surface area contributed by atoms with Crippen molar-refractivity contribution in [3.05, 3.63) is 77.2 Å². The number of hydrogen-bond donors (Lipinski definition) is 3. The molecule has 0 bridgehead atoms. The third kappa shape index (κ3) is 5.18. The summed E-state index contributed by atoms with van der Waals surface area (Å²) in [7, 11) is 0. The van der Waals surface area contributed by atoms with E-state index in [0.29, 0.717) is 29.1 Å². The van der Waals surface area contributed by atoms with Gasteiger partial charge in [-0.05, 0) is 43.0 Å². The summed E-state index contributed by atoms with van der Waals surface area (Å²) in [6, 6.07) is 15.3. The van der Waals surface area contributed by atoms with E-state index >= 15 is 0 Å². The van der Waals surface area contributed by atoms with Gasteiger partial charge < -0.3 is 21.7 Å². The van der Waals surface area contributed by atoms with Gasteiger partial charge in [-0.15, -0.1) is 0 Å². The number of hydrogen-bond acceptors (Lipinski definition) is 6. The van der Waals surface area contributed by atoms with Crippen LogP contribution in [-0.4, -0.2) is 34.9 Å². The van der Waals surface area contributed by atoms with E-state index in [1.54, 1.807) is 24.3 Å². The van der Waals surface area contributed by atoms with Crippen molar-refractivity contribution < 1.29 is 9.59 Å². The predicted molar refractivity (Wildman–Crippen MR) is 128 cm³/mol. The predicted octanol–water partition coefficient (Wildman–Crippen LogP) is 2.62. The van der Waals surface area contributed by atoms with Gasteiger partial charge in [0.2, 0.25) is 0 Å². The molecular weight excluding hydrogens is 416 g/mol. The number of amides is 2. The standard InChI is InChI=1S/C25H28N6O2/c26-14-20-23(24(27)32)30-21(16-28-20)17-8-6-9-18(13-17)25(33)29-15-19-7-2-3-10-22(19)31-11-4-1-5-12-31/h2-3,6-10,13,16H,1,4-5,11-12,14-15,26H2,(H2,27,32)(H,29,33). The van der Waals surface area contributed by atoms with Gasteiger partial charge in [0.05, 0.1) is 17.6 Å². The minimum atomic E-state index is -0.689. The molecule has 33 heavy (non-hydrogen) atoms. The van der Waals surface area contributed by atoms with Crippen LogP contribution >= 0.6 is 0 Å². The summed E-state index contributed by atoms with van der Waals surface area (Å²) < 4.78 is 0. The highest BCUT2D eigenvalue weighted by atomic mass is 16.2. The summed E-state index contributed by atoms with van der Waals surface area (Å²) in [5, 5.41) is 3.03. The Kier molecular flexibility index (Phi) is 6.95. The zero-order valence-electron chi connectivity index (χ0n) is 18.5. The van der Waals surface area contributed by atoms with Crippen molar-refractivity contribution >= 4 is 17.5 Å². The second-order valence-corrected chi connectivity index (χ2v) is 8.06. The topological polar surface area (TPSA) is 127 Å². The van der Waals surface area contributed by atoms with E-state index in [2.05, 4.69) is 32.3 Å². The molecule has 4 rings (SSSR count). The number of para-hydroxylation sites is 1. The van der Waals surface area contributed by atoms with Crippen molar-refractivity contribution in [3.8, 4) is 11.3 Å². The first kappa shape index (κ1) is 22.4. The fourth-order valence-electron chi connectivity index (χ4n) is 4.10. The number of benzene rings is 2. The van der Waals surface area contributed by atoms with E-state index < -0.39 is 5.91 Å². The lowest BCUT2D eigenvalue weighted by Crippen LogP contribution is -2.31. The van der Waals surface area contributed by atoms with Gasteiger partial charge in [0.25, 0.3) is 11.8 Å². The van der Waals surface area contributed by atoms with Crippen molar-refractivity contribution in [2.45, 2.75) is 32.4 Å². The van der Waals surface area contributed by atoms with Crippen LogP contribution in [0.5, 0.6) is 0 Å². The van der Waals surface area contributed by atoms with Gasteiger partial charge >= 0.3 is 0 Å². The first-order chi connectivity index (χ1) is 16.1. The van der Waals surface area contributed by atoms with Crippen molar-refractivity contribution in [2.75, 3.05) is 18.0 Å². The van der Waals surface area contributed by atoms with Gasteiger partial charge in [0.15, 0.2) is 5.69 Å². The third-order valence-corrected chi connectivity index (χ3v) is 5.82. The average molecular weight is 445 g/mol. The lowest BCUT2D eigenvalue weighted by Gasteiger charge is -2.30. The summed E-state index contributed by atoms with van der Waals surface area (Å²) in [5.74, 6) is -0.877. The first-order valence-corrected chi connectivity index (χ1v) is 11.1. The van der Waals surface area contributed by atoms with E-state index in [-0.39, 0.29) is 18.1 Å². The minimum absolute atomic E-state index is 0.0409. The van der Waals surface area contributed by atoms with Crippen LogP contribution in [0.25, 0.3) is 11.3 Å². The smallest absolute Gasteiger partial charge is 0.269 e. The molecule has 0 unspecified atom stereocenters. The van der Waals surface area contributed by atoms with Crippen molar-refractivity contribution in [1.82, 2.24) is 15.3 Å². The van der Waals surface area contributed by atoms with E-state index in [1.807, 2.05) is 12.1 Å². The zero-order valence-corrected chi connectivity index (χ0v) is 18.5. The van der Waals surface area contributed by atoms with Crippen LogP contribution in [0.15, 0.2) is 54.7 Å². The molecule has 170 valence electrons. The van der Waals surface area contributed by atoms with E-state index in [1.165, 1.54) is 31.1 Å². The normalized spacial score (nSPS) is 13.5. The van der Waals surface area contributed by atoms with E-state index in [9.17, 15) is 9.59 Å². The Morgan fingerprint density at radius 2 is 1.82 bits per heavy atom. The van der Waals surface area contributed by atoms with E-state index in [0.717, 1.165) is 18.7 Å². The molecule has 0 spiro atoms. The lowest BCUT2D eigenvalue weighted by atomic mass is 10.1. The van der Waals surface area contributed by atoms with Gasteiger partial charge in [0, 0.05) is 43.0 Å². The molecule has 0 atom stereocenters. The molecule has 1 aliphatic heterocycles. The number of aromatic nitrogens is 2. The Morgan fingerprint density at radius 3 is 2.58 bits per heavy atom. The van der Waals surface area contributed by atoms with Crippen molar-refractivity contribution in [1.29, 1.82) is 0 Å². The van der Waals surface area contributed by atoms with Crippen LogP contribution in [0.2, 0.25) is 0 Å². The average Bonchev–Trinajstić information content (AvgIpc) is 2.87. The molecule has 3 aromatic rings. The van der Waals surface area contributed by atoms with Crippen LogP contribution in [-0.2, 0) is 13.1 Å². The molecule has 8 heteroatoms. The maximum absolute atomic E-state index is 12.9. The van der Waals surface area contributed by atoms with Crippen LogP contribution in [0, 0.1) is 0 Å². The monoisotopic (exact) mass is 444 g/mol. The molecule has 5 N–H and O–H groups in total. The van der Waals surface area contributed by atoms with Gasteiger partial charge in [-0.3, -0.25) is 14.6 Å². The maximum Gasteiger partial charge on any atom is 0.269 e. The Labute approximate surface area is 193 Å². The third-order valence-electron chi connectivity index (χ3n) is 5.82. The Bertz CT molecular complexity index is 1160. The number of piperidine rings is 1. The van der Waals surface area contributed by atoms with Gasteiger partial charge in [0.1, 0.15) is 0 Å². The van der Waals surface area contributed by atoms with Gasteiger partial charge in [-0.2, -0.15) is 0 Å². The summed E-state index contributed by atoms with van der Waals surface area (Å²) in [5.41, 5.74) is 15.3. The summed E-state index contributed by atoms with van der Waals surface area (Å²) in [6.45, 7) is 2.59. The molecule has 1 saturated heterocycles. The lowest BCUT2D eigenvalue weighted by molar-refractivity contribution is 0.0949. The second-order valence-electron chi connectivity index (χ2n) is 8.06. The highest BCUT2D eigenvalue weighted by Crippen LogP contribution is 2.24. The molecule has 0 radical (unpaired) electrons. The number of carbonyl (C=O) groups is 2. The molecule has 2 aromatic carbocycles. The molecule has 8 nitrogen and oxygen atoms in total. The van der Waals surface area contributed by atoms with Crippen LogP contribution < -0.4 is 21.7 Å². The molecule has 2 heterocycles. The number of nitrogens with one attached hydrogen (secondary N) is 1. The molecule has 0 aliphatic carbocycles. The van der Waals surface area contributed by atoms with Crippen molar-refractivity contribution in [3.63, 3.8) is 0 Å². The number of nitrogens with zero attached hydrogens (tertiary/aromatic N) is 3. The first-order valence-electron chi connectivity index (χ1n) is 11.1. The fourth-order valence-corrected chi connectivity index (χ4v) is 4.10. The number of nitrogens with two attached hydrogens (primary N) is 2.